The Hall–Kier alpha value is -0.290. The van der Waals surface area contributed by atoms with E-state index < -0.39 is 0 Å². The average molecular weight is 323 g/mol. The topological polar surface area (TPSA) is 47.1 Å². The maximum absolute atomic E-state index is 6.12. The van der Waals surface area contributed by atoms with Crippen LogP contribution in [0.15, 0.2) is 0 Å². The van der Waals surface area contributed by atoms with Crippen LogP contribution in [0.25, 0.3) is 0 Å². The number of hydrogen-bond acceptors (Lipinski definition) is 3. The van der Waals surface area contributed by atoms with Crippen molar-refractivity contribution in [3.05, 3.63) is 17.0 Å². The van der Waals surface area contributed by atoms with Crippen LogP contribution in [0.5, 0.6) is 0 Å². The number of rotatable bonds is 3. The summed E-state index contributed by atoms with van der Waals surface area (Å²) >= 11 is 0. The quantitative estimate of drug-likeness (QED) is 0.930. The molecule has 0 bridgehead atoms. The van der Waals surface area contributed by atoms with E-state index in [4.69, 9.17) is 5.73 Å². The van der Waals surface area contributed by atoms with Crippen LogP contribution in [0.1, 0.15) is 43.1 Å². The molecular weight excluding hydrogens is 295 g/mol. The third-order valence-electron chi connectivity index (χ3n) is 4.00. The van der Waals surface area contributed by atoms with E-state index in [-0.39, 0.29) is 24.8 Å². The van der Waals surface area contributed by atoms with Crippen LogP contribution in [-0.2, 0) is 13.1 Å². The smallest absolute Gasteiger partial charge is 0.0641 e. The first-order valence-corrected chi connectivity index (χ1v) is 7.12. The highest BCUT2D eigenvalue weighted by Crippen LogP contribution is 2.18. The fourth-order valence-corrected chi connectivity index (χ4v) is 2.89. The van der Waals surface area contributed by atoms with E-state index in [1.807, 2.05) is 0 Å². The van der Waals surface area contributed by atoms with Crippen LogP contribution in [0.4, 0.5) is 0 Å². The van der Waals surface area contributed by atoms with Gasteiger partial charge in [-0.15, -0.1) is 24.8 Å². The zero-order chi connectivity index (χ0) is 13.1. The van der Waals surface area contributed by atoms with Crippen molar-refractivity contribution in [1.82, 2.24) is 14.7 Å². The first-order chi connectivity index (χ1) is 8.61. The number of likely N-dealkylation sites (tertiary alicyclic amines) is 1. The molecule has 2 rings (SSSR count). The lowest BCUT2D eigenvalue weighted by Crippen LogP contribution is -2.35. The van der Waals surface area contributed by atoms with Gasteiger partial charge in [0.05, 0.1) is 5.69 Å². The molecule has 1 aromatic rings. The van der Waals surface area contributed by atoms with Gasteiger partial charge in [0.2, 0.25) is 0 Å². The van der Waals surface area contributed by atoms with Crippen molar-refractivity contribution in [1.29, 1.82) is 0 Å². The Labute approximate surface area is 134 Å². The maximum atomic E-state index is 6.12. The SMILES string of the molecule is CCn1nc(C)c(CN2CCCCC(N)C2)c1C.Cl.Cl. The van der Waals surface area contributed by atoms with Gasteiger partial charge in [0.15, 0.2) is 0 Å². The first kappa shape index (κ1) is 19.7. The maximum Gasteiger partial charge on any atom is 0.0641 e. The third-order valence-corrected chi connectivity index (χ3v) is 4.00. The van der Waals surface area contributed by atoms with E-state index >= 15 is 0 Å². The fourth-order valence-electron chi connectivity index (χ4n) is 2.89. The molecule has 1 saturated heterocycles. The van der Waals surface area contributed by atoms with Gasteiger partial charge in [-0.2, -0.15) is 5.10 Å². The molecule has 0 aliphatic carbocycles. The molecule has 0 radical (unpaired) electrons. The van der Waals surface area contributed by atoms with E-state index in [1.165, 1.54) is 42.8 Å². The zero-order valence-electron chi connectivity index (χ0n) is 12.8. The first-order valence-electron chi connectivity index (χ1n) is 7.12. The summed E-state index contributed by atoms with van der Waals surface area (Å²) in [4.78, 5) is 2.49. The van der Waals surface area contributed by atoms with Crippen molar-refractivity contribution >= 4 is 24.8 Å². The van der Waals surface area contributed by atoms with Gasteiger partial charge in [-0.1, -0.05) is 6.42 Å². The number of nitrogens with zero attached hydrogens (tertiary/aromatic N) is 3. The molecule has 0 saturated carbocycles. The van der Waals surface area contributed by atoms with Crippen LogP contribution in [-0.4, -0.2) is 33.8 Å². The summed E-state index contributed by atoms with van der Waals surface area (Å²) in [6.45, 7) is 10.6. The van der Waals surface area contributed by atoms with E-state index in [0.717, 1.165) is 19.6 Å². The van der Waals surface area contributed by atoms with Crippen LogP contribution < -0.4 is 5.73 Å². The minimum atomic E-state index is 0. The summed E-state index contributed by atoms with van der Waals surface area (Å²) in [5, 5.41) is 4.60. The largest absolute Gasteiger partial charge is 0.327 e. The Morgan fingerprint density at radius 2 is 1.95 bits per heavy atom. The molecule has 2 N–H and O–H groups in total. The summed E-state index contributed by atoms with van der Waals surface area (Å²) in [6, 6.07) is 0.342. The summed E-state index contributed by atoms with van der Waals surface area (Å²) in [6.07, 6.45) is 3.71. The second-order valence-corrected chi connectivity index (χ2v) is 5.46. The molecule has 1 aliphatic heterocycles. The Bertz CT molecular complexity index is 406. The Balaban J connectivity index is 0.00000180. The fraction of sp³-hybridized carbons (Fsp3) is 0.786. The molecular formula is C14H28Cl2N4. The molecule has 6 heteroatoms. The lowest BCUT2D eigenvalue weighted by molar-refractivity contribution is 0.264. The van der Waals surface area contributed by atoms with Crippen LogP contribution in [0.2, 0.25) is 0 Å². The highest BCUT2D eigenvalue weighted by molar-refractivity contribution is 5.85. The Kier molecular flexibility index (Phi) is 8.75. The summed E-state index contributed by atoms with van der Waals surface area (Å²) in [5.74, 6) is 0. The second kappa shape index (κ2) is 8.88. The van der Waals surface area contributed by atoms with Crippen molar-refractivity contribution in [2.24, 2.45) is 5.73 Å². The van der Waals surface area contributed by atoms with Gasteiger partial charge >= 0.3 is 0 Å². The molecule has 4 nitrogen and oxygen atoms in total. The Morgan fingerprint density at radius 3 is 2.55 bits per heavy atom. The summed E-state index contributed by atoms with van der Waals surface area (Å²) < 4.78 is 2.10. The van der Waals surface area contributed by atoms with Crippen molar-refractivity contribution in [2.75, 3.05) is 13.1 Å². The van der Waals surface area contributed by atoms with Crippen LogP contribution in [0.3, 0.4) is 0 Å². The molecule has 0 aromatic carbocycles. The van der Waals surface area contributed by atoms with Crippen molar-refractivity contribution in [2.45, 2.75) is 59.2 Å². The normalized spacial score (nSPS) is 19.9. The van der Waals surface area contributed by atoms with E-state index in [9.17, 15) is 0 Å². The second-order valence-electron chi connectivity index (χ2n) is 5.46. The summed E-state index contributed by atoms with van der Waals surface area (Å²) in [7, 11) is 0. The highest BCUT2D eigenvalue weighted by atomic mass is 35.5. The number of halogens is 2. The lowest BCUT2D eigenvalue weighted by Gasteiger charge is -2.22. The van der Waals surface area contributed by atoms with Crippen LogP contribution >= 0.6 is 24.8 Å². The monoisotopic (exact) mass is 322 g/mol. The van der Waals surface area contributed by atoms with Gasteiger partial charge < -0.3 is 5.73 Å². The third kappa shape index (κ3) is 4.62. The average Bonchev–Trinajstić information content (AvgIpc) is 2.53. The van der Waals surface area contributed by atoms with Gasteiger partial charge in [0.25, 0.3) is 0 Å². The van der Waals surface area contributed by atoms with E-state index in [2.05, 4.69) is 35.5 Å². The molecule has 1 fully saturated rings. The predicted octanol–water partition coefficient (Wildman–Crippen LogP) is 2.68. The molecule has 1 aliphatic rings. The van der Waals surface area contributed by atoms with Gasteiger partial charge in [-0.25, -0.2) is 0 Å². The molecule has 2 heterocycles. The lowest BCUT2D eigenvalue weighted by atomic mass is 10.1. The molecule has 20 heavy (non-hydrogen) atoms. The minimum absolute atomic E-state index is 0. The standard InChI is InChI=1S/C14H26N4.2ClH/c1-4-18-12(3)14(11(2)16-18)10-17-8-6-5-7-13(15)9-17;;/h13H,4-10,15H2,1-3H3;2*1H. The van der Waals surface area contributed by atoms with Crippen LogP contribution in [0, 0.1) is 13.8 Å². The number of hydrogen-bond donors (Lipinski definition) is 1. The van der Waals surface area contributed by atoms with Crippen molar-refractivity contribution in [3.63, 3.8) is 0 Å². The number of aromatic nitrogens is 2. The van der Waals surface area contributed by atoms with Gasteiger partial charge in [-0.05, 0) is 40.2 Å². The number of nitrogens with two attached hydrogens (primary N) is 1. The van der Waals surface area contributed by atoms with Crippen molar-refractivity contribution < 1.29 is 0 Å². The molecule has 1 aromatic heterocycles. The molecule has 118 valence electrons. The Morgan fingerprint density at radius 1 is 1.25 bits per heavy atom. The van der Waals surface area contributed by atoms with E-state index in [1.54, 1.807) is 0 Å². The molecule has 1 unspecified atom stereocenters. The van der Waals surface area contributed by atoms with Crippen molar-refractivity contribution in [3.8, 4) is 0 Å². The molecule has 1 atom stereocenters. The van der Waals surface area contributed by atoms with E-state index in [0.29, 0.717) is 6.04 Å². The van der Waals surface area contributed by atoms with Gasteiger partial charge in [-0.3, -0.25) is 9.58 Å². The number of aryl methyl sites for hydroxylation is 2. The summed E-state index contributed by atoms with van der Waals surface area (Å²) in [5.41, 5.74) is 10.0. The minimum Gasteiger partial charge on any atom is -0.327 e. The predicted molar refractivity (Wildman–Crippen MR) is 89.0 cm³/mol. The molecule has 0 spiro atoms. The van der Waals surface area contributed by atoms with Gasteiger partial charge in [0.1, 0.15) is 0 Å². The molecule has 0 amide bonds. The zero-order valence-corrected chi connectivity index (χ0v) is 14.4. The van der Waals surface area contributed by atoms with Gasteiger partial charge in [0, 0.05) is 36.9 Å². The highest BCUT2D eigenvalue weighted by Gasteiger charge is 2.18.